The zero-order valence-electron chi connectivity index (χ0n) is 22.4. The summed E-state index contributed by atoms with van der Waals surface area (Å²) in [4.78, 5) is 20.3. The van der Waals surface area contributed by atoms with E-state index in [2.05, 4.69) is 26.6 Å². The van der Waals surface area contributed by atoms with Gasteiger partial charge in [0.25, 0.3) is 0 Å². The van der Waals surface area contributed by atoms with Crippen LogP contribution in [0.4, 0.5) is 19.0 Å². The van der Waals surface area contributed by atoms with E-state index in [0.29, 0.717) is 66.4 Å². The lowest BCUT2D eigenvalue weighted by Crippen LogP contribution is -2.28. The second-order valence-corrected chi connectivity index (χ2v) is 10.1. The molecule has 0 saturated heterocycles. The van der Waals surface area contributed by atoms with Crippen LogP contribution in [0.15, 0.2) is 36.7 Å². The number of nitrogens with zero attached hydrogens (tertiary/aromatic N) is 8. The van der Waals surface area contributed by atoms with Gasteiger partial charge in [0.2, 0.25) is 5.88 Å². The number of aryl methyl sites for hydroxylation is 1. The summed E-state index contributed by atoms with van der Waals surface area (Å²) in [6.45, 7) is 2.91. The summed E-state index contributed by atoms with van der Waals surface area (Å²) in [5.74, 6) is 1.80. The minimum atomic E-state index is -4.51. The third-order valence-electron chi connectivity index (χ3n) is 7.24. The monoisotopic (exact) mass is 561 g/mol. The molecule has 2 aliphatic rings. The average molecular weight is 562 g/mol. The molecule has 0 radical (unpaired) electrons. The number of hydrogen-bond donors (Lipinski definition) is 1. The van der Waals surface area contributed by atoms with E-state index >= 15 is 0 Å². The highest BCUT2D eigenvalue weighted by Crippen LogP contribution is 2.45. The standard InChI is InChI=1S/C28H26F3N9O/c1-16-11-22(28(29,30)31)38-40(16)19-7-3-17(4-8-19)12-33-25-20-13-39(14-32)10-9-21(20)36-26(37-25)23-24(18-5-6-18)34-15-35-27(23)41-2/h3-4,7-8,11,15,18H,5-6,9-10,12-13H2,1-2H3,(H,33,36,37). The number of rotatable bonds is 7. The summed E-state index contributed by atoms with van der Waals surface area (Å²) >= 11 is 0. The lowest BCUT2D eigenvalue weighted by Gasteiger charge is -2.26. The van der Waals surface area contributed by atoms with Gasteiger partial charge < -0.3 is 15.0 Å². The van der Waals surface area contributed by atoms with Crippen molar-refractivity contribution in [2.75, 3.05) is 19.0 Å². The van der Waals surface area contributed by atoms with Gasteiger partial charge in [0, 0.05) is 36.7 Å². The molecule has 0 amide bonds. The number of halogens is 3. The largest absolute Gasteiger partial charge is 0.480 e. The quantitative estimate of drug-likeness (QED) is 0.318. The predicted octanol–water partition coefficient (Wildman–Crippen LogP) is 4.78. The molecule has 1 aliphatic heterocycles. The van der Waals surface area contributed by atoms with Crippen LogP contribution in [0.2, 0.25) is 0 Å². The van der Waals surface area contributed by atoms with Gasteiger partial charge in [0.1, 0.15) is 17.7 Å². The molecule has 1 N–H and O–H groups in total. The molecule has 41 heavy (non-hydrogen) atoms. The molecule has 3 aromatic heterocycles. The van der Waals surface area contributed by atoms with Gasteiger partial charge in [-0.05, 0) is 43.5 Å². The first-order valence-corrected chi connectivity index (χ1v) is 13.2. The molecule has 6 rings (SSSR count). The topological polar surface area (TPSA) is 118 Å². The lowest BCUT2D eigenvalue weighted by molar-refractivity contribution is -0.141. The fraction of sp³-hybridized carbons (Fsp3) is 0.357. The van der Waals surface area contributed by atoms with Crippen molar-refractivity contribution in [2.24, 2.45) is 0 Å². The minimum Gasteiger partial charge on any atom is -0.480 e. The maximum atomic E-state index is 13.1. The summed E-state index contributed by atoms with van der Waals surface area (Å²) in [6, 6.07) is 8.13. The van der Waals surface area contributed by atoms with Crippen molar-refractivity contribution < 1.29 is 17.9 Å². The molecular weight excluding hydrogens is 535 g/mol. The predicted molar refractivity (Wildman–Crippen MR) is 142 cm³/mol. The van der Waals surface area contributed by atoms with Crippen molar-refractivity contribution in [3.8, 4) is 29.1 Å². The number of nitriles is 1. The van der Waals surface area contributed by atoms with Crippen molar-refractivity contribution in [1.29, 1.82) is 5.26 Å². The van der Waals surface area contributed by atoms with E-state index in [1.165, 1.54) is 11.0 Å². The first kappa shape index (κ1) is 26.5. The number of benzene rings is 1. The van der Waals surface area contributed by atoms with Gasteiger partial charge >= 0.3 is 6.18 Å². The van der Waals surface area contributed by atoms with Gasteiger partial charge in [-0.3, -0.25) is 0 Å². The molecule has 10 nitrogen and oxygen atoms in total. The van der Waals surface area contributed by atoms with E-state index < -0.39 is 11.9 Å². The zero-order valence-corrected chi connectivity index (χ0v) is 22.4. The Morgan fingerprint density at radius 3 is 2.59 bits per heavy atom. The van der Waals surface area contributed by atoms with E-state index in [1.807, 2.05) is 12.1 Å². The maximum Gasteiger partial charge on any atom is 0.435 e. The zero-order chi connectivity index (χ0) is 28.7. The highest BCUT2D eigenvalue weighted by molar-refractivity contribution is 5.68. The lowest BCUT2D eigenvalue weighted by atomic mass is 10.0. The number of methoxy groups -OCH3 is 1. The summed E-state index contributed by atoms with van der Waals surface area (Å²) in [5.41, 5.74) is 4.11. The van der Waals surface area contributed by atoms with Crippen LogP contribution in [0.1, 0.15) is 52.7 Å². The van der Waals surface area contributed by atoms with E-state index in [1.54, 1.807) is 31.1 Å². The van der Waals surface area contributed by atoms with Crippen LogP contribution in [-0.4, -0.2) is 48.3 Å². The van der Waals surface area contributed by atoms with Crippen molar-refractivity contribution in [3.05, 3.63) is 70.6 Å². The number of hydrogen-bond acceptors (Lipinski definition) is 9. The van der Waals surface area contributed by atoms with Crippen LogP contribution in [0.25, 0.3) is 17.1 Å². The third kappa shape index (κ3) is 5.25. The van der Waals surface area contributed by atoms with E-state index in [-0.39, 0.29) is 0 Å². The summed E-state index contributed by atoms with van der Waals surface area (Å²) in [5, 5.41) is 16.6. The van der Waals surface area contributed by atoms with Crippen molar-refractivity contribution in [2.45, 2.75) is 51.4 Å². The minimum absolute atomic E-state index is 0.316. The second kappa shape index (κ2) is 10.3. The molecule has 1 aromatic carbocycles. The fourth-order valence-corrected chi connectivity index (χ4v) is 4.99. The summed E-state index contributed by atoms with van der Waals surface area (Å²) in [7, 11) is 1.56. The molecular formula is C28H26F3N9O. The Kier molecular flexibility index (Phi) is 6.69. The van der Waals surface area contributed by atoms with Gasteiger partial charge in [-0.1, -0.05) is 12.1 Å². The number of nitrogens with one attached hydrogen (secondary N) is 1. The maximum absolute atomic E-state index is 13.1. The van der Waals surface area contributed by atoms with Crippen molar-refractivity contribution >= 4 is 5.82 Å². The molecule has 4 aromatic rings. The van der Waals surface area contributed by atoms with E-state index in [9.17, 15) is 18.4 Å². The third-order valence-corrected chi connectivity index (χ3v) is 7.24. The van der Waals surface area contributed by atoms with Gasteiger partial charge in [0.15, 0.2) is 17.7 Å². The smallest absolute Gasteiger partial charge is 0.435 e. The Hall–Kier alpha value is -4.73. The summed E-state index contributed by atoms with van der Waals surface area (Å²) in [6.07, 6.45) is 1.85. The highest BCUT2D eigenvalue weighted by atomic mass is 19.4. The summed E-state index contributed by atoms with van der Waals surface area (Å²) < 4.78 is 46.2. The van der Waals surface area contributed by atoms with Crippen LogP contribution in [0.5, 0.6) is 5.88 Å². The van der Waals surface area contributed by atoms with Crippen LogP contribution < -0.4 is 10.1 Å². The Balaban J connectivity index is 1.31. The molecule has 0 bridgehead atoms. The van der Waals surface area contributed by atoms with Crippen LogP contribution in [-0.2, 0) is 25.7 Å². The molecule has 1 saturated carbocycles. The van der Waals surface area contributed by atoms with Crippen molar-refractivity contribution in [1.82, 2.24) is 34.6 Å². The molecule has 1 fully saturated rings. The molecule has 0 spiro atoms. The average Bonchev–Trinajstić information content (AvgIpc) is 3.75. The number of alkyl halides is 3. The number of anilines is 1. The molecule has 13 heteroatoms. The normalized spacial score (nSPS) is 14.9. The fourth-order valence-electron chi connectivity index (χ4n) is 4.99. The SMILES string of the molecule is COc1ncnc(C2CC2)c1-c1nc2c(c(NCc3ccc(-n4nc(C(F)(F)F)cc4C)cc3)n1)CN(C#N)CC2. The molecule has 0 unspecified atom stereocenters. The Bertz CT molecular complexity index is 1640. The van der Waals surface area contributed by atoms with Crippen LogP contribution in [0.3, 0.4) is 0 Å². The first-order valence-electron chi connectivity index (χ1n) is 13.2. The Morgan fingerprint density at radius 1 is 1.15 bits per heavy atom. The number of aromatic nitrogens is 6. The van der Waals surface area contributed by atoms with Gasteiger partial charge in [-0.25, -0.2) is 24.6 Å². The Labute approximate surface area is 233 Å². The van der Waals surface area contributed by atoms with Crippen molar-refractivity contribution in [3.63, 3.8) is 0 Å². The van der Waals surface area contributed by atoms with E-state index in [0.717, 1.165) is 41.4 Å². The van der Waals surface area contributed by atoms with E-state index in [4.69, 9.17) is 14.7 Å². The Morgan fingerprint density at radius 2 is 1.93 bits per heavy atom. The van der Waals surface area contributed by atoms with Crippen LogP contribution in [0, 0.1) is 18.4 Å². The second-order valence-electron chi connectivity index (χ2n) is 10.1. The molecule has 0 atom stereocenters. The molecule has 4 heterocycles. The first-order chi connectivity index (χ1) is 19.7. The van der Waals surface area contributed by atoms with Gasteiger partial charge in [-0.2, -0.15) is 23.5 Å². The van der Waals surface area contributed by atoms with Gasteiger partial charge in [0.05, 0.1) is 30.7 Å². The molecule has 210 valence electrons. The highest BCUT2D eigenvalue weighted by Gasteiger charge is 2.35. The molecule has 1 aliphatic carbocycles. The van der Waals surface area contributed by atoms with Gasteiger partial charge in [-0.15, -0.1) is 0 Å². The number of ether oxygens (including phenoxy) is 1. The number of fused-ring (bicyclic) bond motifs is 1. The van der Waals surface area contributed by atoms with Crippen LogP contribution >= 0.6 is 0 Å².